The molecule has 2 rings (SSSR count). The van der Waals surface area contributed by atoms with Gasteiger partial charge in [-0.25, -0.2) is 8.42 Å². The van der Waals surface area contributed by atoms with E-state index in [1.807, 2.05) is 6.92 Å². The summed E-state index contributed by atoms with van der Waals surface area (Å²) in [6, 6.07) is 5.97. The van der Waals surface area contributed by atoms with Gasteiger partial charge in [-0.1, -0.05) is 0 Å². The summed E-state index contributed by atoms with van der Waals surface area (Å²) in [4.78, 5) is 23.4. The van der Waals surface area contributed by atoms with E-state index in [0.717, 1.165) is 12.8 Å². The van der Waals surface area contributed by atoms with Crippen LogP contribution in [-0.4, -0.2) is 45.6 Å². The number of benzene rings is 1. The van der Waals surface area contributed by atoms with Crippen molar-refractivity contribution in [1.82, 2.24) is 10.0 Å². The van der Waals surface area contributed by atoms with Crippen molar-refractivity contribution in [2.45, 2.75) is 43.7 Å². The van der Waals surface area contributed by atoms with Crippen molar-refractivity contribution >= 4 is 21.9 Å². The molecule has 1 atom stereocenters. The van der Waals surface area contributed by atoms with Gasteiger partial charge in [0.15, 0.2) is 6.10 Å². The number of carbonyl (C=O) groups is 2. The lowest BCUT2D eigenvalue weighted by Crippen LogP contribution is -2.39. The van der Waals surface area contributed by atoms with Crippen LogP contribution >= 0.6 is 0 Å². The van der Waals surface area contributed by atoms with Crippen LogP contribution < -0.4 is 14.8 Å². The third-order valence-electron chi connectivity index (χ3n) is 3.45. The molecule has 0 aromatic heterocycles. The molecule has 0 radical (unpaired) electrons. The standard InChI is InChI=1S/C16H22N2O6S/c1-3-23-13-6-8-14(9-7-13)25(21,22)17-10-15(19)24-11(2)16(20)18-12-4-5-12/h6-9,11-12,17H,3-5,10H2,1-2H3,(H,18,20)/t11-/m0/s1. The minimum atomic E-state index is -3.86. The number of nitrogens with one attached hydrogen (secondary N) is 2. The smallest absolute Gasteiger partial charge is 0.321 e. The summed E-state index contributed by atoms with van der Waals surface area (Å²) in [7, 11) is -3.86. The number of hydrogen-bond acceptors (Lipinski definition) is 6. The van der Waals surface area contributed by atoms with Gasteiger partial charge >= 0.3 is 5.97 Å². The first kappa shape index (κ1) is 19.2. The Hall–Kier alpha value is -2.13. The molecule has 1 aliphatic carbocycles. The summed E-state index contributed by atoms with van der Waals surface area (Å²) < 4.78 is 36.6. The highest BCUT2D eigenvalue weighted by Crippen LogP contribution is 2.19. The van der Waals surface area contributed by atoms with E-state index >= 15 is 0 Å². The molecule has 9 heteroatoms. The largest absolute Gasteiger partial charge is 0.494 e. The number of ether oxygens (including phenoxy) is 2. The minimum absolute atomic E-state index is 0.00304. The SMILES string of the molecule is CCOc1ccc(S(=O)(=O)NCC(=O)O[C@@H](C)C(=O)NC2CC2)cc1. The van der Waals surface area contributed by atoms with E-state index in [9.17, 15) is 18.0 Å². The van der Waals surface area contributed by atoms with Gasteiger partial charge in [-0.05, 0) is 51.0 Å². The molecule has 1 aliphatic rings. The highest BCUT2D eigenvalue weighted by Gasteiger charge is 2.27. The number of carbonyl (C=O) groups excluding carboxylic acids is 2. The molecule has 1 aromatic carbocycles. The second kappa shape index (κ2) is 8.30. The molecule has 0 heterocycles. The Labute approximate surface area is 146 Å². The molecule has 8 nitrogen and oxygen atoms in total. The first-order chi connectivity index (χ1) is 11.8. The molecule has 25 heavy (non-hydrogen) atoms. The number of sulfonamides is 1. The second-order valence-corrected chi connectivity index (χ2v) is 7.41. The summed E-state index contributed by atoms with van der Waals surface area (Å²) in [5.74, 6) is -0.658. The number of hydrogen-bond donors (Lipinski definition) is 2. The van der Waals surface area contributed by atoms with E-state index in [-0.39, 0.29) is 16.8 Å². The normalized spacial score (nSPS) is 15.3. The predicted octanol–water partition coefficient (Wildman–Crippen LogP) is 0.574. The van der Waals surface area contributed by atoms with Crippen molar-refractivity contribution in [2.24, 2.45) is 0 Å². The second-order valence-electron chi connectivity index (χ2n) is 5.64. The van der Waals surface area contributed by atoms with E-state index in [2.05, 4.69) is 10.0 Å². The highest BCUT2D eigenvalue weighted by molar-refractivity contribution is 7.89. The Morgan fingerprint density at radius 1 is 1.24 bits per heavy atom. The van der Waals surface area contributed by atoms with Crippen LogP contribution in [0.25, 0.3) is 0 Å². The van der Waals surface area contributed by atoms with Gasteiger partial charge in [0.1, 0.15) is 12.3 Å². The summed E-state index contributed by atoms with van der Waals surface area (Å²) in [5.41, 5.74) is 0. The van der Waals surface area contributed by atoms with Crippen LogP contribution in [0.1, 0.15) is 26.7 Å². The van der Waals surface area contributed by atoms with Crippen molar-refractivity contribution in [3.05, 3.63) is 24.3 Å². The van der Waals surface area contributed by atoms with Crippen LogP contribution in [-0.2, 0) is 24.3 Å². The fourth-order valence-electron chi connectivity index (χ4n) is 1.96. The number of rotatable bonds is 9. The van der Waals surface area contributed by atoms with E-state index < -0.39 is 28.6 Å². The molecule has 0 saturated heterocycles. The predicted molar refractivity (Wildman–Crippen MR) is 89.5 cm³/mol. The van der Waals surface area contributed by atoms with E-state index in [4.69, 9.17) is 9.47 Å². The Balaban J connectivity index is 1.83. The lowest BCUT2D eigenvalue weighted by molar-refractivity contribution is -0.153. The molecular weight excluding hydrogens is 348 g/mol. The topological polar surface area (TPSA) is 111 Å². The molecular formula is C16H22N2O6S. The van der Waals surface area contributed by atoms with Gasteiger partial charge in [-0.2, -0.15) is 4.72 Å². The molecule has 1 amide bonds. The van der Waals surface area contributed by atoms with Crippen molar-refractivity contribution in [3.63, 3.8) is 0 Å². The zero-order valence-corrected chi connectivity index (χ0v) is 15.0. The summed E-state index contributed by atoms with van der Waals surface area (Å²) in [6.07, 6.45) is 0.880. The van der Waals surface area contributed by atoms with Gasteiger partial charge in [0, 0.05) is 6.04 Å². The van der Waals surface area contributed by atoms with Crippen LogP contribution in [0.15, 0.2) is 29.2 Å². The Morgan fingerprint density at radius 3 is 2.44 bits per heavy atom. The Kier molecular flexibility index (Phi) is 6.38. The fraction of sp³-hybridized carbons (Fsp3) is 0.500. The lowest BCUT2D eigenvalue weighted by Gasteiger charge is -2.13. The van der Waals surface area contributed by atoms with Gasteiger partial charge in [0.2, 0.25) is 10.0 Å². The van der Waals surface area contributed by atoms with Crippen molar-refractivity contribution in [2.75, 3.05) is 13.2 Å². The fourth-order valence-corrected chi connectivity index (χ4v) is 2.93. The average Bonchev–Trinajstić information content (AvgIpc) is 3.38. The maximum atomic E-state index is 12.1. The van der Waals surface area contributed by atoms with Gasteiger partial charge in [-0.3, -0.25) is 9.59 Å². The Bertz CT molecular complexity index is 713. The average molecular weight is 370 g/mol. The minimum Gasteiger partial charge on any atom is -0.494 e. The van der Waals surface area contributed by atoms with Crippen molar-refractivity contribution in [1.29, 1.82) is 0 Å². The van der Waals surface area contributed by atoms with Crippen LogP contribution in [0.3, 0.4) is 0 Å². The maximum absolute atomic E-state index is 12.1. The third kappa shape index (κ3) is 6.02. The molecule has 1 fully saturated rings. The molecule has 0 spiro atoms. The Morgan fingerprint density at radius 2 is 1.88 bits per heavy atom. The molecule has 138 valence electrons. The van der Waals surface area contributed by atoms with Crippen LogP contribution in [0.2, 0.25) is 0 Å². The monoisotopic (exact) mass is 370 g/mol. The van der Waals surface area contributed by atoms with E-state index in [1.165, 1.54) is 31.2 Å². The van der Waals surface area contributed by atoms with Gasteiger partial charge in [-0.15, -0.1) is 0 Å². The number of amides is 1. The molecule has 0 unspecified atom stereocenters. The van der Waals surface area contributed by atoms with Crippen molar-refractivity contribution < 1.29 is 27.5 Å². The maximum Gasteiger partial charge on any atom is 0.321 e. The van der Waals surface area contributed by atoms with E-state index in [1.54, 1.807) is 0 Å². The van der Waals surface area contributed by atoms with Crippen LogP contribution in [0.5, 0.6) is 5.75 Å². The molecule has 1 aromatic rings. The molecule has 1 saturated carbocycles. The van der Waals surface area contributed by atoms with Gasteiger partial charge < -0.3 is 14.8 Å². The first-order valence-corrected chi connectivity index (χ1v) is 9.52. The third-order valence-corrected chi connectivity index (χ3v) is 4.87. The first-order valence-electron chi connectivity index (χ1n) is 8.04. The summed E-state index contributed by atoms with van der Waals surface area (Å²) >= 11 is 0. The lowest BCUT2D eigenvalue weighted by atomic mass is 10.3. The zero-order valence-electron chi connectivity index (χ0n) is 14.2. The van der Waals surface area contributed by atoms with Crippen LogP contribution in [0, 0.1) is 0 Å². The quantitative estimate of drug-likeness (QED) is 0.615. The summed E-state index contributed by atoms with van der Waals surface area (Å²) in [5, 5.41) is 2.71. The van der Waals surface area contributed by atoms with E-state index in [0.29, 0.717) is 12.4 Å². The van der Waals surface area contributed by atoms with Gasteiger partial charge in [0.25, 0.3) is 5.91 Å². The molecule has 0 aliphatic heterocycles. The molecule has 2 N–H and O–H groups in total. The number of esters is 1. The van der Waals surface area contributed by atoms with Crippen molar-refractivity contribution in [3.8, 4) is 5.75 Å². The molecule has 0 bridgehead atoms. The summed E-state index contributed by atoms with van der Waals surface area (Å²) in [6.45, 7) is 3.18. The van der Waals surface area contributed by atoms with Gasteiger partial charge in [0.05, 0.1) is 11.5 Å². The van der Waals surface area contributed by atoms with Crippen LogP contribution in [0.4, 0.5) is 0 Å². The highest BCUT2D eigenvalue weighted by atomic mass is 32.2. The zero-order chi connectivity index (χ0) is 18.4.